The second-order valence-corrected chi connectivity index (χ2v) is 2.83. The monoisotopic (exact) mass is 218 g/mol. The first-order valence-electron chi connectivity index (χ1n) is 3.96. The molecule has 0 bridgehead atoms. The third-order valence-electron chi connectivity index (χ3n) is 1.91. The first-order valence-corrected chi connectivity index (χ1v) is 3.96. The molecule has 0 fully saturated rings. The quantitative estimate of drug-likeness (QED) is 0.620. The Morgan fingerprint density at radius 2 is 2.13 bits per heavy atom. The maximum absolute atomic E-state index is 13.4. The van der Waals surface area contributed by atoms with Gasteiger partial charge < -0.3 is 0 Å². The fraction of sp³-hybridized carbons (Fsp3) is 0.250. The molecule has 0 amide bonds. The molecule has 7 heteroatoms. The number of nitro groups is 1. The van der Waals surface area contributed by atoms with Gasteiger partial charge in [-0.1, -0.05) is 0 Å². The highest BCUT2D eigenvalue weighted by Gasteiger charge is 2.25. The van der Waals surface area contributed by atoms with Crippen molar-refractivity contribution in [3.63, 3.8) is 0 Å². The molecule has 0 radical (unpaired) electrons. The van der Waals surface area contributed by atoms with E-state index in [1.165, 1.54) is 6.92 Å². The van der Waals surface area contributed by atoms with Crippen LogP contribution in [0.25, 0.3) is 0 Å². The lowest BCUT2D eigenvalue weighted by atomic mass is 10.1. The standard InChI is InChI=1S/C8H8F2N2O3/c1-4(15-11)7-5(9)2-3-6(8(7)10)12(13)14/h2-4H,11H2,1H3. The van der Waals surface area contributed by atoms with Crippen LogP contribution < -0.4 is 5.90 Å². The van der Waals surface area contributed by atoms with E-state index in [9.17, 15) is 18.9 Å². The summed E-state index contributed by atoms with van der Waals surface area (Å²) in [6.07, 6.45) is -1.09. The Hall–Kier alpha value is -1.60. The van der Waals surface area contributed by atoms with Crippen molar-refractivity contribution >= 4 is 5.69 Å². The molecular formula is C8H8F2N2O3. The molecule has 0 aliphatic heterocycles. The van der Waals surface area contributed by atoms with Gasteiger partial charge in [0.05, 0.1) is 10.5 Å². The lowest BCUT2D eigenvalue weighted by Gasteiger charge is -2.10. The van der Waals surface area contributed by atoms with E-state index < -0.39 is 33.9 Å². The van der Waals surface area contributed by atoms with Crippen LogP contribution in [0, 0.1) is 21.7 Å². The Morgan fingerprint density at radius 1 is 1.53 bits per heavy atom. The molecule has 0 saturated heterocycles. The fourth-order valence-corrected chi connectivity index (χ4v) is 1.14. The van der Waals surface area contributed by atoms with Gasteiger partial charge in [-0.25, -0.2) is 10.3 Å². The lowest BCUT2D eigenvalue weighted by Crippen LogP contribution is -2.11. The molecule has 0 spiro atoms. The molecule has 15 heavy (non-hydrogen) atoms. The topological polar surface area (TPSA) is 78.4 Å². The Morgan fingerprint density at radius 3 is 2.60 bits per heavy atom. The molecule has 1 atom stereocenters. The van der Waals surface area contributed by atoms with Crippen molar-refractivity contribution < 1.29 is 18.5 Å². The van der Waals surface area contributed by atoms with Crippen LogP contribution in [0.4, 0.5) is 14.5 Å². The molecule has 1 aromatic rings. The second-order valence-electron chi connectivity index (χ2n) is 2.83. The molecule has 1 unspecified atom stereocenters. The Balaban J connectivity index is 3.36. The lowest BCUT2D eigenvalue weighted by molar-refractivity contribution is -0.387. The highest BCUT2D eigenvalue weighted by atomic mass is 19.1. The molecule has 1 rings (SSSR count). The number of nitrogens with zero attached hydrogens (tertiary/aromatic N) is 1. The van der Waals surface area contributed by atoms with E-state index in [0.717, 1.165) is 12.1 Å². The Bertz CT molecular complexity index is 398. The van der Waals surface area contributed by atoms with Gasteiger partial charge in [-0.2, -0.15) is 4.39 Å². The van der Waals surface area contributed by atoms with Crippen molar-refractivity contribution in [2.45, 2.75) is 13.0 Å². The zero-order valence-electron chi connectivity index (χ0n) is 7.74. The maximum Gasteiger partial charge on any atom is 0.305 e. The minimum atomic E-state index is -1.27. The summed E-state index contributed by atoms with van der Waals surface area (Å²) in [5.74, 6) is 2.56. The fourth-order valence-electron chi connectivity index (χ4n) is 1.14. The number of nitrogens with two attached hydrogens (primary N) is 1. The summed E-state index contributed by atoms with van der Waals surface area (Å²) in [7, 11) is 0. The normalized spacial score (nSPS) is 12.5. The zero-order chi connectivity index (χ0) is 11.6. The van der Waals surface area contributed by atoms with E-state index >= 15 is 0 Å². The molecular weight excluding hydrogens is 210 g/mol. The smallest absolute Gasteiger partial charge is 0.297 e. The summed E-state index contributed by atoms with van der Waals surface area (Å²) in [6, 6.07) is 1.55. The summed E-state index contributed by atoms with van der Waals surface area (Å²) in [5, 5.41) is 10.4. The van der Waals surface area contributed by atoms with Crippen LogP contribution >= 0.6 is 0 Å². The second kappa shape index (κ2) is 4.28. The van der Waals surface area contributed by atoms with Crippen molar-refractivity contribution in [3.8, 4) is 0 Å². The minimum Gasteiger partial charge on any atom is -0.297 e. The average molecular weight is 218 g/mol. The molecule has 82 valence electrons. The summed E-state index contributed by atoms with van der Waals surface area (Å²) in [6.45, 7) is 1.28. The van der Waals surface area contributed by atoms with Crippen molar-refractivity contribution in [1.82, 2.24) is 0 Å². The maximum atomic E-state index is 13.4. The Labute approximate surface area is 83.6 Å². The molecule has 0 saturated carbocycles. The summed E-state index contributed by atoms with van der Waals surface area (Å²) >= 11 is 0. The predicted octanol–water partition coefficient (Wildman–Crippen LogP) is 1.82. The van der Waals surface area contributed by atoms with Crippen molar-refractivity contribution in [2.24, 2.45) is 5.90 Å². The first kappa shape index (κ1) is 11.5. The van der Waals surface area contributed by atoms with Gasteiger partial charge >= 0.3 is 5.69 Å². The number of nitro benzene ring substituents is 1. The van der Waals surface area contributed by atoms with Gasteiger partial charge in [-0.3, -0.25) is 15.0 Å². The van der Waals surface area contributed by atoms with Gasteiger partial charge in [-0.15, -0.1) is 0 Å². The van der Waals surface area contributed by atoms with Gasteiger partial charge in [0.1, 0.15) is 11.9 Å². The van der Waals surface area contributed by atoms with Crippen molar-refractivity contribution in [2.75, 3.05) is 0 Å². The van der Waals surface area contributed by atoms with E-state index in [1.807, 2.05) is 0 Å². The number of hydrogen-bond acceptors (Lipinski definition) is 4. The van der Waals surface area contributed by atoms with Crippen LogP contribution in [0.1, 0.15) is 18.6 Å². The molecule has 0 aliphatic carbocycles. The van der Waals surface area contributed by atoms with E-state index in [-0.39, 0.29) is 0 Å². The van der Waals surface area contributed by atoms with Crippen molar-refractivity contribution in [3.05, 3.63) is 39.4 Å². The van der Waals surface area contributed by atoms with E-state index in [1.54, 1.807) is 0 Å². The van der Waals surface area contributed by atoms with Gasteiger partial charge in [0.15, 0.2) is 0 Å². The first-order chi connectivity index (χ1) is 6.99. The number of hydrogen-bond donors (Lipinski definition) is 1. The van der Waals surface area contributed by atoms with Crippen LogP contribution in [0.15, 0.2) is 12.1 Å². The highest BCUT2D eigenvalue weighted by molar-refractivity contribution is 5.38. The van der Waals surface area contributed by atoms with Crippen LogP contribution in [0.2, 0.25) is 0 Å². The molecule has 0 heterocycles. The molecule has 1 aromatic carbocycles. The van der Waals surface area contributed by atoms with Crippen LogP contribution in [0.5, 0.6) is 0 Å². The molecule has 2 N–H and O–H groups in total. The minimum absolute atomic E-state index is 0.549. The van der Waals surface area contributed by atoms with E-state index in [2.05, 4.69) is 4.84 Å². The SMILES string of the molecule is CC(ON)c1c(F)ccc([N+](=O)[O-])c1F. The third kappa shape index (κ3) is 2.08. The van der Waals surface area contributed by atoms with E-state index in [0.29, 0.717) is 0 Å². The summed E-state index contributed by atoms with van der Waals surface area (Å²) in [5.41, 5.74) is -1.36. The van der Waals surface area contributed by atoms with E-state index in [4.69, 9.17) is 5.90 Å². The van der Waals surface area contributed by atoms with Crippen molar-refractivity contribution in [1.29, 1.82) is 0 Å². The Kier molecular flexibility index (Phi) is 3.28. The largest absolute Gasteiger partial charge is 0.305 e. The molecule has 0 aromatic heterocycles. The number of benzene rings is 1. The van der Waals surface area contributed by atoms with Crippen LogP contribution in [-0.4, -0.2) is 4.92 Å². The third-order valence-corrected chi connectivity index (χ3v) is 1.91. The van der Waals surface area contributed by atoms with Gasteiger partial charge in [0, 0.05) is 6.07 Å². The van der Waals surface area contributed by atoms with Gasteiger partial charge in [-0.05, 0) is 13.0 Å². The molecule has 0 aliphatic rings. The van der Waals surface area contributed by atoms with Gasteiger partial charge in [0.25, 0.3) is 0 Å². The zero-order valence-corrected chi connectivity index (χ0v) is 7.74. The molecule has 5 nitrogen and oxygen atoms in total. The summed E-state index contributed by atoms with van der Waals surface area (Å²) < 4.78 is 26.5. The number of rotatable bonds is 3. The average Bonchev–Trinajstić information content (AvgIpc) is 2.16. The predicted molar refractivity (Wildman–Crippen MR) is 46.7 cm³/mol. The number of halogens is 2. The van der Waals surface area contributed by atoms with Crippen LogP contribution in [-0.2, 0) is 4.84 Å². The summed E-state index contributed by atoms with van der Waals surface area (Å²) in [4.78, 5) is 13.7. The highest BCUT2D eigenvalue weighted by Crippen LogP contribution is 2.28. The van der Waals surface area contributed by atoms with Gasteiger partial charge in [0.2, 0.25) is 5.82 Å². The van der Waals surface area contributed by atoms with Crippen LogP contribution in [0.3, 0.4) is 0 Å².